The van der Waals surface area contributed by atoms with E-state index in [9.17, 15) is 0 Å². The van der Waals surface area contributed by atoms with Crippen molar-refractivity contribution in [3.63, 3.8) is 0 Å². The maximum Gasteiger partial charge on any atom is 0.138 e. The van der Waals surface area contributed by atoms with Gasteiger partial charge in [-0.3, -0.25) is 0 Å². The first-order chi connectivity index (χ1) is 8.09. The van der Waals surface area contributed by atoms with Gasteiger partial charge in [0.15, 0.2) is 0 Å². The van der Waals surface area contributed by atoms with E-state index in [1.165, 1.54) is 4.90 Å². The van der Waals surface area contributed by atoms with Crippen LogP contribution in [0, 0.1) is 6.92 Å². The maximum atomic E-state index is 6.04. The van der Waals surface area contributed by atoms with E-state index < -0.39 is 0 Å². The first-order valence-electron chi connectivity index (χ1n) is 5.85. The number of likely N-dealkylation sites (N-methyl/N-ethyl adjacent to an activating group) is 1. The van der Waals surface area contributed by atoms with Gasteiger partial charge in [0.1, 0.15) is 18.9 Å². The van der Waals surface area contributed by atoms with Crippen LogP contribution in [0.25, 0.3) is 0 Å². The Morgan fingerprint density at radius 1 is 1.18 bits per heavy atom. The van der Waals surface area contributed by atoms with Gasteiger partial charge in [-0.05, 0) is 24.6 Å². The van der Waals surface area contributed by atoms with Gasteiger partial charge in [0, 0.05) is 0 Å². The number of hydrogen-bond donors (Lipinski definition) is 1. The Bertz CT molecular complexity index is 342. The molecule has 0 bridgehead atoms. The van der Waals surface area contributed by atoms with Crippen LogP contribution in [0.15, 0.2) is 18.2 Å². The van der Waals surface area contributed by atoms with E-state index in [1.54, 1.807) is 0 Å². The molecular formula is C13H21ClNO2+. The molecule has 0 aliphatic heterocycles. The van der Waals surface area contributed by atoms with E-state index in [1.807, 2.05) is 25.1 Å². The van der Waals surface area contributed by atoms with Gasteiger partial charge in [-0.15, -0.1) is 0 Å². The third-order valence-corrected chi connectivity index (χ3v) is 2.61. The largest absolute Gasteiger partial charge is 0.490 e. The zero-order chi connectivity index (χ0) is 12.7. The molecule has 0 saturated carbocycles. The summed E-state index contributed by atoms with van der Waals surface area (Å²) in [4.78, 5) is 1.38. The average Bonchev–Trinajstić information content (AvgIpc) is 2.25. The van der Waals surface area contributed by atoms with E-state index in [0.29, 0.717) is 18.2 Å². The normalized spacial score (nSPS) is 10.9. The third kappa shape index (κ3) is 5.91. The van der Waals surface area contributed by atoms with Crippen LogP contribution in [0.4, 0.5) is 0 Å². The molecule has 0 aromatic heterocycles. The van der Waals surface area contributed by atoms with Crippen molar-refractivity contribution in [2.24, 2.45) is 0 Å². The summed E-state index contributed by atoms with van der Waals surface area (Å²) in [6, 6.07) is 5.77. The molecule has 0 fully saturated rings. The van der Waals surface area contributed by atoms with Crippen molar-refractivity contribution in [2.75, 3.05) is 40.5 Å². The first kappa shape index (κ1) is 14.3. The van der Waals surface area contributed by atoms with Crippen molar-refractivity contribution >= 4 is 11.6 Å². The summed E-state index contributed by atoms with van der Waals surface area (Å²) in [5.74, 6) is 0.721. The van der Waals surface area contributed by atoms with Crippen LogP contribution in [-0.4, -0.2) is 40.5 Å². The van der Waals surface area contributed by atoms with Gasteiger partial charge < -0.3 is 14.4 Å². The Labute approximate surface area is 108 Å². The minimum absolute atomic E-state index is 0.533. The number of nitrogens with one attached hydrogen (secondary N) is 1. The molecule has 3 nitrogen and oxygen atoms in total. The van der Waals surface area contributed by atoms with Crippen molar-refractivity contribution in [1.29, 1.82) is 0 Å². The lowest BCUT2D eigenvalue weighted by atomic mass is 10.2. The van der Waals surface area contributed by atoms with Crippen LogP contribution in [-0.2, 0) is 4.74 Å². The molecule has 4 heteroatoms. The van der Waals surface area contributed by atoms with Gasteiger partial charge in [0.2, 0.25) is 0 Å². The number of benzene rings is 1. The number of rotatable bonds is 7. The summed E-state index contributed by atoms with van der Waals surface area (Å²) >= 11 is 6.04. The highest BCUT2D eigenvalue weighted by Gasteiger charge is 2.01. The number of hydrogen-bond acceptors (Lipinski definition) is 2. The molecule has 0 unspecified atom stereocenters. The lowest BCUT2D eigenvalue weighted by Gasteiger charge is -2.10. The van der Waals surface area contributed by atoms with E-state index >= 15 is 0 Å². The number of quaternary nitrogens is 1. The fraction of sp³-hybridized carbons (Fsp3) is 0.538. The van der Waals surface area contributed by atoms with Gasteiger partial charge in [-0.1, -0.05) is 17.7 Å². The van der Waals surface area contributed by atoms with Crippen LogP contribution in [0.5, 0.6) is 5.75 Å². The average molecular weight is 259 g/mol. The zero-order valence-electron chi connectivity index (χ0n) is 10.8. The monoisotopic (exact) mass is 258 g/mol. The molecule has 0 amide bonds. The lowest BCUT2D eigenvalue weighted by molar-refractivity contribution is -0.858. The van der Waals surface area contributed by atoms with Crippen molar-refractivity contribution in [3.8, 4) is 5.75 Å². The fourth-order valence-electron chi connectivity index (χ4n) is 1.31. The summed E-state index contributed by atoms with van der Waals surface area (Å²) in [6.45, 7) is 4.89. The molecule has 0 radical (unpaired) electrons. The molecule has 0 saturated heterocycles. The quantitative estimate of drug-likeness (QED) is 0.743. The second kappa shape index (κ2) is 7.54. The highest BCUT2D eigenvalue weighted by atomic mass is 35.5. The Morgan fingerprint density at radius 2 is 1.94 bits per heavy atom. The summed E-state index contributed by atoms with van der Waals surface area (Å²) in [5, 5.41) is 0.655. The molecule has 0 heterocycles. The minimum Gasteiger partial charge on any atom is -0.490 e. The number of ether oxygens (including phenoxy) is 2. The molecule has 0 aliphatic rings. The molecule has 1 N–H and O–H groups in total. The number of aryl methyl sites for hydroxylation is 1. The van der Waals surface area contributed by atoms with Gasteiger partial charge >= 0.3 is 0 Å². The van der Waals surface area contributed by atoms with Crippen molar-refractivity contribution in [3.05, 3.63) is 28.8 Å². The molecule has 1 aromatic rings. The van der Waals surface area contributed by atoms with Gasteiger partial charge in [-0.25, -0.2) is 0 Å². The molecule has 1 rings (SSSR count). The van der Waals surface area contributed by atoms with Crippen molar-refractivity contribution in [2.45, 2.75) is 6.92 Å². The molecule has 0 atom stereocenters. The van der Waals surface area contributed by atoms with Crippen LogP contribution in [0.3, 0.4) is 0 Å². The molecule has 1 aromatic carbocycles. The Kier molecular flexibility index (Phi) is 6.34. The summed E-state index contributed by atoms with van der Waals surface area (Å²) in [7, 11) is 4.21. The highest BCUT2D eigenvalue weighted by Crippen LogP contribution is 2.24. The fourth-order valence-corrected chi connectivity index (χ4v) is 1.60. The summed E-state index contributed by atoms with van der Waals surface area (Å²) in [5.41, 5.74) is 1.13. The second-order valence-corrected chi connectivity index (χ2v) is 4.76. The van der Waals surface area contributed by atoms with Crippen LogP contribution in [0.1, 0.15) is 5.56 Å². The number of halogens is 1. The SMILES string of the molecule is Cc1ccc(OCCOCC[NH+](C)C)c(Cl)c1. The highest BCUT2D eigenvalue weighted by molar-refractivity contribution is 6.32. The van der Waals surface area contributed by atoms with Gasteiger partial charge in [0.05, 0.1) is 32.3 Å². The van der Waals surface area contributed by atoms with E-state index in [0.717, 1.165) is 24.5 Å². The summed E-state index contributed by atoms with van der Waals surface area (Å²) < 4.78 is 11.0. The summed E-state index contributed by atoms with van der Waals surface area (Å²) in [6.07, 6.45) is 0. The van der Waals surface area contributed by atoms with Crippen LogP contribution in [0.2, 0.25) is 5.02 Å². The Balaban J connectivity index is 2.18. The lowest BCUT2D eigenvalue weighted by Crippen LogP contribution is -3.06. The van der Waals surface area contributed by atoms with E-state index in [2.05, 4.69) is 14.1 Å². The van der Waals surface area contributed by atoms with Crippen molar-refractivity contribution in [1.82, 2.24) is 0 Å². The maximum absolute atomic E-state index is 6.04. The first-order valence-corrected chi connectivity index (χ1v) is 6.23. The third-order valence-electron chi connectivity index (χ3n) is 2.32. The molecule has 0 aliphatic carbocycles. The molecular weight excluding hydrogens is 238 g/mol. The predicted molar refractivity (Wildman–Crippen MR) is 70.2 cm³/mol. The predicted octanol–water partition coefficient (Wildman–Crippen LogP) is 1.19. The van der Waals surface area contributed by atoms with E-state index in [4.69, 9.17) is 21.1 Å². The minimum atomic E-state index is 0.533. The Hall–Kier alpha value is -0.770. The second-order valence-electron chi connectivity index (χ2n) is 4.35. The standard InChI is InChI=1S/C13H20ClNO2/c1-11-4-5-13(12(14)10-11)17-9-8-16-7-6-15(2)3/h4-5,10H,6-9H2,1-3H3/p+1. The zero-order valence-corrected chi connectivity index (χ0v) is 11.5. The smallest absolute Gasteiger partial charge is 0.138 e. The van der Waals surface area contributed by atoms with Gasteiger partial charge in [0.25, 0.3) is 0 Å². The van der Waals surface area contributed by atoms with E-state index in [-0.39, 0.29) is 0 Å². The van der Waals surface area contributed by atoms with Crippen molar-refractivity contribution < 1.29 is 14.4 Å². The van der Waals surface area contributed by atoms with Gasteiger partial charge in [-0.2, -0.15) is 0 Å². The molecule has 0 spiro atoms. The van der Waals surface area contributed by atoms with Crippen LogP contribution >= 0.6 is 11.6 Å². The molecule has 96 valence electrons. The Morgan fingerprint density at radius 3 is 2.59 bits per heavy atom. The topological polar surface area (TPSA) is 22.9 Å². The van der Waals surface area contributed by atoms with Crippen LogP contribution < -0.4 is 9.64 Å². The molecule has 17 heavy (non-hydrogen) atoms.